The second kappa shape index (κ2) is 9.37. The third kappa shape index (κ3) is 5.45. The van der Waals surface area contributed by atoms with Gasteiger partial charge < -0.3 is 4.74 Å². The molecule has 2 amide bonds. The maximum atomic E-state index is 12.3. The van der Waals surface area contributed by atoms with Gasteiger partial charge in [-0.3, -0.25) is 20.4 Å². The summed E-state index contributed by atoms with van der Waals surface area (Å²) >= 11 is 0. The Morgan fingerprint density at radius 1 is 0.786 bits per heavy atom. The summed E-state index contributed by atoms with van der Waals surface area (Å²) in [7, 11) is 0. The second-order valence-electron chi connectivity index (χ2n) is 6.39. The minimum atomic E-state index is -0.408. The first-order chi connectivity index (χ1) is 13.6. The van der Waals surface area contributed by atoms with Crippen molar-refractivity contribution < 1.29 is 14.3 Å². The molecule has 0 aliphatic rings. The van der Waals surface area contributed by atoms with E-state index in [9.17, 15) is 9.59 Å². The molecule has 0 saturated carbocycles. The van der Waals surface area contributed by atoms with E-state index >= 15 is 0 Å². The third-order valence-electron chi connectivity index (χ3n) is 4.20. The Kier molecular flexibility index (Phi) is 6.41. The van der Waals surface area contributed by atoms with Crippen LogP contribution in [0.15, 0.2) is 78.9 Å². The quantitative estimate of drug-likeness (QED) is 0.647. The monoisotopic (exact) mass is 374 g/mol. The standard InChI is InChI=1S/C23H22N2O3/c1-17-10-12-19(13-11-17)22(26)24-25-23(27)20-8-5-9-21(16-20)28-15-14-18-6-3-2-4-7-18/h2-13,16H,14-15H2,1H3,(H,24,26)(H,25,27). The molecule has 3 aromatic carbocycles. The zero-order valence-electron chi connectivity index (χ0n) is 15.6. The van der Waals surface area contributed by atoms with Gasteiger partial charge in [0.05, 0.1) is 6.61 Å². The van der Waals surface area contributed by atoms with Crippen LogP contribution < -0.4 is 15.6 Å². The SMILES string of the molecule is Cc1ccc(C(=O)NNC(=O)c2cccc(OCCc3ccccc3)c2)cc1. The average Bonchev–Trinajstić information content (AvgIpc) is 2.73. The molecule has 2 N–H and O–H groups in total. The van der Waals surface area contributed by atoms with Crippen molar-refractivity contribution in [3.8, 4) is 5.75 Å². The zero-order chi connectivity index (χ0) is 19.8. The number of hydrogen-bond donors (Lipinski definition) is 2. The highest BCUT2D eigenvalue weighted by Crippen LogP contribution is 2.14. The van der Waals surface area contributed by atoms with Gasteiger partial charge in [-0.2, -0.15) is 0 Å². The Bertz CT molecular complexity index is 938. The molecule has 5 nitrogen and oxygen atoms in total. The Morgan fingerprint density at radius 3 is 2.18 bits per heavy atom. The Morgan fingerprint density at radius 2 is 1.46 bits per heavy atom. The van der Waals surface area contributed by atoms with Crippen molar-refractivity contribution >= 4 is 11.8 Å². The summed E-state index contributed by atoms with van der Waals surface area (Å²) < 4.78 is 5.74. The number of hydrogen-bond acceptors (Lipinski definition) is 3. The second-order valence-corrected chi connectivity index (χ2v) is 6.39. The lowest BCUT2D eigenvalue weighted by atomic mass is 10.1. The smallest absolute Gasteiger partial charge is 0.269 e. The van der Waals surface area contributed by atoms with Crippen LogP contribution in [0.25, 0.3) is 0 Å². The summed E-state index contributed by atoms with van der Waals surface area (Å²) in [5.74, 6) is -0.175. The molecule has 0 bridgehead atoms. The summed E-state index contributed by atoms with van der Waals surface area (Å²) in [6, 6.07) is 24.0. The molecule has 0 atom stereocenters. The molecule has 0 aliphatic heterocycles. The van der Waals surface area contributed by atoms with E-state index < -0.39 is 5.91 Å². The molecule has 0 saturated heterocycles. The van der Waals surface area contributed by atoms with E-state index in [2.05, 4.69) is 10.9 Å². The van der Waals surface area contributed by atoms with Gasteiger partial charge >= 0.3 is 0 Å². The first-order valence-corrected chi connectivity index (χ1v) is 9.06. The summed E-state index contributed by atoms with van der Waals surface area (Å²) in [6.07, 6.45) is 0.782. The Hall–Kier alpha value is -3.60. The van der Waals surface area contributed by atoms with E-state index in [1.54, 1.807) is 36.4 Å². The number of hydrazine groups is 1. The third-order valence-corrected chi connectivity index (χ3v) is 4.20. The fourth-order valence-electron chi connectivity index (χ4n) is 2.62. The van der Waals surface area contributed by atoms with Crippen LogP contribution in [0.5, 0.6) is 5.75 Å². The van der Waals surface area contributed by atoms with E-state index in [4.69, 9.17) is 4.74 Å². The van der Waals surface area contributed by atoms with Crippen molar-refractivity contribution in [3.63, 3.8) is 0 Å². The van der Waals surface area contributed by atoms with Crippen LogP contribution >= 0.6 is 0 Å². The lowest BCUT2D eigenvalue weighted by molar-refractivity contribution is 0.0846. The average molecular weight is 374 g/mol. The molecule has 0 unspecified atom stereocenters. The van der Waals surface area contributed by atoms with Gasteiger partial charge in [-0.1, -0.05) is 54.1 Å². The van der Waals surface area contributed by atoms with Crippen molar-refractivity contribution in [2.45, 2.75) is 13.3 Å². The number of ether oxygens (including phenoxy) is 1. The number of benzene rings is 3. The molecular formula is C23H22N2O3. The fourth-order valence-corrected chi connectivity index (χ4v) is 2.62. The molecule has 0 radical (unpaired) electrons. The minimum Gasteiger partial charge on any atom is -0.493 e. The van der Waals surface area contributed by atoms with Crippen LogP contribution in [0.1, 0.15) is 31.8 Å². The molecule has 0 spiro atoms. The number of amides is 2. The summed E-state index contributed by atoms with van der Waals surface area (Å²) in [6.45, 7) is 2.46. The van der Waals surface area contributed by atoms with Gasteiger partial charge in [-0.15, -0.1) is 0 Å². The molecule has 0 aromatic heterocycles. The Balaban J connectivity index is 1.51. The molecule has 0 heterocycles. The molecule has 3 rings (SSSR count). The van der Waals surface area contributed by atoms with Crippen molar-refractivity contribution in [2.75, 3.05) is 6.61 Å². The van der Waals surface area contributed by atoms with Crippen LogP contribution in [-0.2, 0) is 6.42 Å². The number of rotatable bonds is 6. The summed E-state index contributed by atoms with van der Waals surface area (Å²) in [4.78, 5) is 24.4. The molecule has 0 aliphatic carbocycles. The largest absolute Gasteiger partial charge is 0.493 e. The van der Waals surface area contributed by atoms with Gasteiger partial charge in [0.2, 0.25) is 0 Å². The summed E-state index contributed by atoms with van der Waals surface area (Å²) in [5.41, 5.74) is 7.98. The number of aryl methyl sites for hydroxylation is 1. The molecule has 3 aromatic rings. The van der Waals surface area contributed by atoms with Crippen LogP contribution in [-0.4, -0.2) is 18.4 Å². The normalized spacial score (nSPS) is 10.2. The van der Waals surface area contributed by atoms with Crippen molar-refractivity contribution in [1.29, 1.82) is 0 Å². The highest BCUT2D eigenvalue weighted by Gasteiger charge is 2.10. The van der Waals surface area contributed by atoms with Gasteiger partial charge in [0.25, 0.3) is 11.8 Å². The maximum Gasteiger partial charge on any atom is 0.269 e. The first kappa shape index (κ1) is 19.2. The van der Waals surface area contributed by atoms with Gasteiger partial charge in [-0.05, 0) is 42.8 Å². The van der Waals surface area contributed by atoms with Gasteiger partial charge in [0.15, 0.2) is 0 Å². The fraction of sp³-hybridized carbons (Fsp3) is 0.130. The molecule has 0 fully saturated rings. The Labute approximate surface area is 164 Å². The first-order valence-electron chi connectivity index (χ1n) is 9.06. The van der Waals surface area contributed by atoms with E-state index in [1.165, 1.54) is 5.56 Å². The highest BCUT2D eigenvalue weighted by atomic mass is 16.5. The van der Waals surface area contributed by atoms with Crippen molar-refractivity contribution in [1.82, 2.24) is 10.9 Å². The lowest BCUT2D eigenvalue weighted by Crippen LogP contribution is -2.41. The number of nitrogens with one attached hydrogen (secondary N) is 2. The predicted octanol–water partition coefficient (Wildman–Crippen LogP) is 3.69. The summed E-state index contributed by atoms with van der Waals surface area (Å²) in [5, 5.41) is 0. The van der Waals surface area contributed by atoms with Crippen LogP contribution in [0.2, 0.25) is 0 Å². The van der Waals surface area contributed by atoms with Crippen molar-refractivity contribution in [2.24, 2.45) is 0 Å². The minimum absolute atomic E-state index is 0.372. The van der Waals surface area contributed by atoms with Crippen LogP contribution in [0, 0.1) is 6.92 Å². The number of carbonyl (C=O) groups is 2. The lowest BCUT2D eigenvalue weighted by Gasteiger charge is -2.10. The molecule has 142 valence electrons. The predicted molar refractivity (Wildman–Crippen MR) is 108 cm³/mol. The maximum absolute atomic E-state index is 12.3. The van der Waals surface area contributed by atoms with Crippen LogP contribution in [0.3, 0.4) is 0 Å². The van der Waals surface area contributed by atoms with E-state index in [0.29, 0.717) is 23.5 Å². The van der Waals surface area contributed by atoms with Gasteiger partial charge in [0.1, 0.15) is 5.75 Å². The topological polar surface area (TPSA) is 67.4 Å². The van der Waals surface area contributed by atoms with E-state index in [0.717, 1.165) is 12.0 Å². The van der Waals surface area contributed by atoms with E-state index in [-0.39, 0.29) is 5.91 Å². The van der Waals surface area contributed by atoms with Crippen LogP contribution in [0.4, 0.5) is 0 Å². The zero-order valence-corrected chi connectivity index (χ0v) is 15.6. The van der Waals surface area contributed by atoms with Gasteiger partial charge in [0, 0.05) is 17.5 Å². The van der Waals surface area contributed by atoms with Gasteiger partial charge in [-0.25, -0.2) is 0 Å². The molecular weight excluding hydrogens is 352 g/mol. The highest BCUT2D eigenvalue weighted by molar-refractivity contribution is 5.99. The van der Waals surface area contributed by atoms with E-state index in [1.807, 2.05) is 49.4 Å². The van der Waals surface area contributed by atoms with Crippen molar-refractivity contribution in [3.05, 3.63) is 101 Å². The molecule has 28 heavy (non-hydrogen) atoms. The number of carbonyl (C=O) groups excluding carboxylic acids is 2. The molecule has 5 heteroatoms.